The van der Waals surface area contributed by atoms with Crippen LogP contribution in [0.1, 0.15) is 18.2 Å². The Balaban J connectivity index is 2.17. The minimum atomic E-state index is -0.605. The summed E-state index contributed by atoms with van der Waals surface area (Å²) in [5, 5.41) is 10.5. The maximum absolute atomic E-state index is 9.97. The summed E-state index contributed by atoms with van der Waals surface area (Å²) in [6.07, 6.45) is 1.90. The first-order chi connectivity index (χ1) is 6.79. The van der Waals surface area contributed by atoms with Crippen LogP contribution in [0.5, 0.6) is 0 Å². The molecule has 1 aromatic rings. The second kappa shape index (κ2) is 4.26. The van der Waals surface area contributed by atoms with Gasteiger partial charge in [-0.3, -0.25) is 4.98 Å². The Labute approximate surface area is 87.7 Å². The van der Waals surface area contributed by atoms with Crippen LogP contribution in [0, 0.1) is 5.92 Å². The Morgan fingerprint density at radius 2 is 2.50 bits per heavy atom. The van der Waals surface area contributed by atoms with Crippen molar-refractivity contribution >= 4 is 11.6 Å². The molecule has 1 aromatic heterocycles. The van der Waals surface area contributed by atoms with Crippen LogP contribution in [0.4, 0.5) is 0 Å². The highest BCUT2D eigenvalue weighted by Gasteiger charge is 2.27. The molecule has 0 radical (unpaired) electrons. The number of hydrogen-bond acceptors (Lipinski definition) is 3. The average Bonchev–Trinajstić information content (AvgIpc) is 2.70. The van der Waals surface area contributed by atoms with Crippen LogP contribution >= 0.6 is 11.6 Å². The molecule has 2 unspecified atom stereocenters. The fourth-order valence-corrected chi connectivity index (χ4v) is 1.87. The van der Waals surface area contributed by atoms with Crippen molar-refractivity contribution in [2.24, 2.45) is 5.92 Å². The van der Waals surface area contributed by atoms with Crippen molar-refractivity contribution in [1.82, 2.24) is 4.98 Å². The molecule has 0 bridgehead atoms. The van der Waals surface area contributed by atoms with Crippen LogP contribution in [0.3, 0.4) is 0 Å². The van der Waals surface area contributed by atoms with Gasteiger partial charge in [0.05, 0.1) is 17.3 Å². The maximum atomic E-state index is 9.97. The fourth-order valence-electron chi connectivity index (χ4n) is 1.64. The van der Waals surface area contributed by atoms with E-state index in [1.807, 2.05) is 0 Å². The monoisotopic (exact) mass is 213 g/mol. The SMILES string of the molecule is OC(c1ncccc1Cl)C1CCOC1. The van der Waals surface area contributed by atoms with E-state index in [0.29, 0.717) is 23.9 Å². The van der Waals surface area contributed by atoms with Crippen molar-refractivity contribution in [3.05, 3.63) is 29.0 Å². The summed E-state index contributed by atoms with van der Waals surface area (Å²) in [6.45, 7) is 1.31. The summed E-state index contributed by atoms with van der Waals surface area (Å²) >= 11 is 5.93. The summed E-state index contributed by atoms with van der Waals surface area (Å²) < 4.78 is 5.21. The molecule has 4 heteroatoms. The minimum Gasteiger partial charge on any atom is -0.386 e. The zero-order chi connectivity index (χ0) is 9.97. The van der Waals surface area contributed by atoms with Gasteiger partial charge in [0.25, 0.3) is 0 Å². The standard InChI is InChI=1S/C10H12ClNO2/c11-8-2-1-4-12-9(8)10(13)7-3-5-14-6-7/h1-2,4,7,10,13H,3,5-6H2. The zero-order valence-corrected chi connectivity index (χ0v) is 8.44. The quantitative estimate of drug-likeness (QED) is 0.815. The third-order valence-corrected chi connectivity index (χ3v) is 2.80. The van der Waals surface area contributed by atoms with E-state index >= 15 is 0 Å². The van der Waals surface area contributed by atoms with E-state index in [2.05, 4.69) is 4.98 Å². The van der Waals surface area contributed by atoms with Crippen LogP contribution < -0.4 is 0 Å². The van der Waals surface area contributed by atoms with Crippen LogP contribution in [0.25, 0.3) is 0 Å². The van der Waals surface area contributed by atoms with Gasteiger partial charge < -0.3 is 9.84 Å². The van der Waals surface area contributed by atoms with Crippen LogP contribution in [-0.4, -0.2) is 23.3 Å². The molecular formula is C10H12ClNO2. The number of halogens is 1. The summed E-state index contributed by atoms with van der Waals surface area (Å²) in [7, 11) is 0. The van der Waals surface area contributed by atoms with Gasteiger partial charge in [0.1, 0.15) is 6.10 Å². The maximum Gasteiger partial charge on any atom is 0.103 e. The van der Waals surface area contributed by atoms with E-state index in [0.717, 1.165) is 6.42 Å². The lowest BCUT2D eigenvalue weighted by Crippen LogP contribution is -2.14. The Kier molecular flexibility index (Phi) is 3.01. The first kappa shape index (κ1) is 9.90. The second-order valence-corrected chi connectivity index (χ2v) is 3.85. The molecule has 1 aliphatic rings. The molecule has 2 atom stereocenters. The third kappa shape index (κ3) is 1.90. The van der Waals surface area contributed by atoms with Crippen LogP contribution in [-0.2, 0) is 4.74 Å². The lowest BCUT2D eigenvalue weighted by molar-refractivity contribution is 0.0886. The summed E-state index contributed by atoms with van der Waals surface area (Å²) in [5.74, 6) is 0.127. The predicted octanol–water partition coefficient (Wildman–Crippen LogP) is 1.80. The van der Waals surface area contributed by atoms with E-state index in [1.54, 1.807) is 18.3 Å². The van der Waals surface area contributed by atoms with Crippen molar-refractivity contribution in [3.8, 4) is 0 Å². The molecule has 0 saturated carbocycles. The molecule has 76 valence electrons. The predicted molar refractivity (Wildman–Crippen MR) is 53.1 cm³/mol. The summed E-state index contributed by atoms with van der Waals surface area (Å²) in [4.78, 5) is 4.09. The van der Waals surface area contributed by atoms with Gasteiger partial charge in [0, 0.05) is 18.7 Å². The topological polar surface area (TPSA) is 42.4 Å². The number of aliphatic hydroxyl groups is 1. The molecule has 0 aromatic carbocycles. The molecule has 2 heterocycles. The molecule has 14 heavy (non-hydrogen) atoms. The van der Waals surface area contributed by atoms with Crippen LogP contribution in [0.15, 0.2) is 18.3 Å². The molecule has 0 aliphatic carbocycles. The zero-order valence-electron chi connectivity index (χ0n) is 7.69. The minimum absolute atomic E-state index is 0.127. The molecule has 1 N–H and O–H groups in total. The lowest BCUT2D eigenvalue weighted by atomic mass is 9.99. The van der Waals surface area contributed by atoms with E-state index in [-0.39, 0.29) is 5.92 Å². The molecule has 1 saturated heterocycles. The van der Waals surface area contributed by atoms with E-state index in [1.165, 1.54) is 0 Å². The smallest absolute Gasteiger partial charge is 0.103 e. The first-order valence-electron chi connectivity index (χ1n) is 4.65. The van der Waals surface area contributed by atoms with Gasteiger partial charge in [-0.05, 0) is 18.6 Å². The Hall–Kier alpha value is -0.640. The van der Waals surface area contributed by atoms with Crippen molar-refractivity contribution < 1.29 is 9.84 Å². The molecular weight excluding hydrogens is 202 g/mol. The van der Waals surface area contributed by atoms with Gasteiger partial charge in [-0.25, -0.2) is 0 Å². The van der Waals surface area contributed by atoms with Gasteiger partial charge in [0.2, 0.25) is 0 Å². The molecule has 0 amide bonds. The second-order valence-electron chi connectivity index (χ2n) is 3.44. The first-order valence-corrected chi connectivity index (χ1v) is 5.03. The number of aromatic nitrogens is 1. The Bertz CT molecular complexity index is 313. The highest BCUT2D eigenvalue weighted by Crippen LogP contribution is 2.30. The van der Waals surface area contributed by atoms with Crippen LogP contribution in [0.2, 0.25) is 5.02 Å². The number of aliphatic hydroxyl groups excluding tert-OH is 1. The third-order valence-electron chi connectivity index (χ3n) is 2.48. The Morgan fingerprint density at radius 1 is 1.64 bits per heavy atom. The molecule has 1 aliphatic heterocycles. The van der Waals surface area contributed by atoms with Crippen molar-refractivity contribution in [3.63, 3.8) is 0 Å². The highest BCUT2D eigenvalue weighted by atomic mass is 35.5. The van der Waals surface area contributed by atoms with Gasteiger partial charge in [-0.1, -0.05) is 11.6 Å². The van der Waals surface area contributed by atoms with Crippen molar-refractivity contribution in [2.45, 2.75) is 12.5 Å². The number of nitrogens with zero attached hydrogens (tertiary/aromatic N) is 1. The van der Waals surface area contributed by atoms with E-state index < -0.39 is 6.10 Å². The number of pyridine rings is 1. The van der Waals surface area contributed by atoms with Gasteiger partial charge >= 0.3 is 0 Å². The van der Waals surface area contributed by atoms with Gasteiger partial charge in [-0.15, -0.1) is 0 Å². The van der Waals surface area contributed by atoms with E-state index in [4.69, 9.17) is 16.3 Å². The number of hydrogen-bond donors (Lipinski definition) is 1. The number of ether oxygens (including phenoxy) is 1. The van der Waals surface area contributed by atoms with Crippen molar-refractivity contribution in [2.75, 3.05) is 13.2 Å². The summed E-state index contributed by atoms with van der Waals surface area (Å²) in [5.41, 5.74) is 0.560. The van der Waals surface area contributed by atoms with Crippen molar-refractivity contribution in [1.29, 1.82) is 0 Å². The normalized spacial score (nSPS) is 23.7. The largest absolute Gasteiger partial charge is 0.386 e. The Morgan fingerprint density at radius 3 is 3.14 bits per heavy atom. The van der Waals surface area contributed by atoms with Gasteiger partial charge in [-0.2, -0.15) is 0 Å². The van der Waals surface area contributed by atoms with E-state index in [9.17, 15) is 5.11 Å². The molecule has 0 spiro atoms. The molecule has 1 fully saturated rings. The lowest BCUT2D eigenvalue weighted by Gasteiger charge is -2.16. The molecule has 3 nitrogen and oxygen atoms in total. The molecule has 2 rings (SSSR count). The average molecular weight is 214 g/mol. The fraction of sp³-hybridized carbons (Fsp3) is 0.500. The number of rotatable bonds is 2. The summed E-state index contributed by atoms with van der Waals surface area (Å²) in [6, 6.07) is 3.49. The van der Waals surface area contributed by atoms with Gasteiger partial charge in [0.15, 0.2) is 0 Å². The highest BCUT2D eigenvalue weighted by molar-refractivity contribution is 6.31.